The van der Waals surface area contributed by atoms with Gasteiger partial charge in [-0.1, -0.05) is 20.8 Å². The number of nitrogens with zero attached hydrogens (tertiary/aromatic N) is 2. The molecule has 124 valence electrons. The fourth-order valence-electron chi connectivity index (χ4n) is 4.88. The van der Waals surface area contributed by atoms with Crippen LogP contribution >= 0.6 is 0 Å². The molecule has 0 aromatic rings. The van der Waals surface area contributed by atoms with Crippen LogP contribution < -0.4 is 0 Å². The molecule has 21 heavy (non-hydrogen) atoms. The van der Waals surface area contributed by atoms with Gasteiger partial charge >= 0.3 is 0 Å². The van der Waals surface area contributed by atoms with E-state index in [4.69, 9.17) is 0 Å². The van der Waals surface area contributed by atoms with Gasteiger partial charge in [-0.15, -0.1) is 0 Å². The van der Waals surface area contributed by atoms with Gasteiger partial charge < -0.3 is 0 Å². The zero-order valence-corrected chi connectivity index (χ0v) is 14.6. The van der Waals surface area contributed by atoms with Crippen molar-refractivity contribution in [1.82, 2.24) is 9.80 Å². The molecule has 1 atom stereocenters. The summed E-state index contributed by atoms with van der Waals surface area (Å²) in [5, 5.41) is 0. The molecule has 0 bridgehead atoms. The van der Waals surface area contributed by atoms with Crippen molar-refractivity contribution >= 4 is 0 Å². The molecule has 0 spiro atoms. The van der Waals surface area contributed by atoms with Gasteiger partial charge in [0.25, 0.3) is 0 Å². The molecule has 3 fully saturated rings. The van der Waals surface area contributed by atoms with Gasteiger partial charge in [-0.3, -0.25) is 9.80 Å². The second-order valence-electron chi connectivity index (χ2n) is 7.46. The van der Waals surface area contributed by atoms with E-state index in [1.54, 1.807) is 0 Å². The Kier molecular flexibility index (Phi) is 5.70. The Hall–Kier alpha value is -0.150. The molecule has 0 aromatic heterocycles. The first kappa shape index (κ1) is 17.2. The highest BCUT2D eigenvalue weighted by Gasteiger charge is 2.42. The average Bonchev–Trinajstić information content (AvgIpc) is 3.10. The maximum absolute atomic E-state index is 13.2. The van der Waals surface area contributed by atoms with E-state index < -0.39 is 6.17 Å². The van der Waals surface area contributed by atoms with E-state index in [0.29, 0.717) is 12.1 Å². The van der Waals surface area contributed by atoms with Gasteiger partial charge in [0.05, 0.1) is 0 Å². The van der Waals surface area contributed by atoms with E-state index in [1.807, 2.05) is 0 Å². The van der Waals surface area contributed by atoms with Crippen LogP contribution in [0.3, 0.4) is 0 Å². The smallest absolute Gasteiger partial charge is 0.115 e. The number of rotatable bonds is 3. The Morgan fingerprint density at radius 2 is 1.62 bits per heavy atom. The van der Waals surface area contributed by atoms with Crippen LogP contribution in [0.5, 0.6) is 0 Å². The van der Waals surface area contributed by atoms with Crippen LogP contribution in [0.1, 0.15) is 72.6 Å². The minimum atomic E-state index is -0.593. The maximum atomic E-state index is 13.2. The predicted molar refractivity (Wildman–Crippen MR) is 88.5 cm³/mol. The predicted octanol–water partition coefficient (Wildman–Crippen LogP) is 4.24. The van der Waals surface area contributed by atoms with E-state index in [-0.39, 0.29) is 5.54 Å². The molecule has 1 unspecified atom stereocenters. The highest BCUT2D eigenvalue weighted by molar-refractivity contribution is 4.97. The second-order valence-corrected chi connectivity index (χ2v) is 7.46. The maximum Gasteiger partial charge on any atom is 0.115 e. The molecular weight excluding hydrogens is 263 g/mol. The SMILES string of the molecule is CC12CCCN1CCC2.CCN1CC(F)CC1(CC)CC. The lowest BCUT2D eigenvalue weighted by Crippen LogP contribution is -2.42. The third-order valence-corrected chi connectivity index (χ3v) is 6.44. The van der Waals surface area contributed by atoms with E-state index in [2.05, 4.69) is 37.5 Å². The summed E-state index contributed by atoms with van der Waals surface area (Å²) >= 11 is 0. The molecule has 0 saturated carbocycles. The normalized spacial score (nSPS) is 31.0. The van der Waals surface area contributed by atoms with Gasteiger partial charge in [0.1, 0.15) is 6.17 Å². The molecule has 0 aromatic carbocycles. The fourth-order valence-corrected chi connectivity index (χ4v) is 4.88. The molecule has 0 amide bonds. The number of alkyl halides is 1. The topological polar surface area (TPSA) is 6.48 Å². The molecule has 2 nitrogen and oxygen atoms in total. The van der Waals surface area contributed by atoms with Gasteiger partial charge in [0.2, 0.25) is 0 Å². The van der Waals surface area contributed by atoms with Crippen molar-refractivity contribution in [3.63, 3.8) is 0 Å². The van der Waals surface area contributed by atoms with Crippen molar-refractivity contribution in [3.05, 3.63) is 0 Å². The van der Waals surface area contributed by atoms with Crippen LogP contribution in [0.15, 0.2) is 0 Å². The summed E-state index contributed by atoms with van der Waals surface area (Å²) < 4.78 is 13.2. The van der Waals surface area contributed by atoms with Crippen molar-refractivity contribution in [2.75, 3.05) is 26.2 Å². The zero-order chi connectivity index (χ0) is 15.5. The lowest BCUT2D eigenvalue weighted by atomic mass is 9.89. The Morgan fingerprint density at radius 3 is 2.00 bits per heavy atom. The van der Waals surface area contributed by atoms with Crippen molar-refractivity contribution in [1.29, 1.82) is 0 Å². The van der Waals surface area contributed by atoms with Crippen LogP contribution in [-0.4, -0.2) is 53.2 Å². The van der Waals surface area contributed by atoms with Crippen molar-refractivity contribution in [2.24, 2.45) is 0 Å². The van der Waals surface area contributed by atoms with E-state index >= 15 is 0 Å². The third-order valence-electron chi connectivity index (χ3n) is 6.44. The Balaban J connectivity index is 0.000000159. The molecule has 3 aliphatic rings. The molecule has 0 radical (unpaired) electrons. The van der Waals surface area contributed by atoms with Gasteiger partial charge in [-0.05, 0) is 71.5 Å². The van der Waals surface area contributed by atoms with Gasteiger partial charge in [0, 0.05) is 17.6 Å². The molecule has 3 saturated heterocycles. The van der Waals surface area contributed by atoms with Crippen LogP contribution in [-0.2, 0) is 0 Å². The highest BCUT2D eigenvalue weighted by atomic mass is 19.1. The van der Waals surface area contributed by atoms with Gasteiger partial charge in [0.15, 0.2) is 0 Å². The first-order valence-electron chi connectivity index (χ1n) is 9.14. The largest absolute Gasteiger partial charge is 0.298 e. The zero-order valence-electron chi connectivity index (χ0n) is 14.6. The van der Waals surface area contributed by atoms with Gasteiger partial charge in [-0.25, -0.2) is 4.39 Å². The summed E-state index contributed by atoms with van der Waals surface area (Å²) in [5.74, 6) is 0. The van der Waals surface area contributed by atoms with E-state index in [1.165, 1.54) is 38.8 Å². The van der Waals surface area contributed by atoms with Gasteiger partial charge in [-0.2, -0.15) is 0 Å². The lowest BCUT2D eigenvalue weighted by molar-refractivity contribution is 0.134. The molecule has 0 N–H and O–H groups in total. The summed E-state index contributed by atoms with van der Waals surface area (Å²) in [4.78, 5) is 4.96. The number of likely N-dealkylation sites (tertiary alicyclic amines) is 1. The summed E-state index contributed by atoms with van der Waals surface area (Å²) in [6, 6.07) is 0. The monoisotopic (exact) mass is 298 g/mol. The first-order chi connectivity index (χ1) is 9.99. The van der Waals surface area contributed by atoms with Crippen LogP contribution in [0, 0.1) is 0 Å². The molecule has 3 rings (SSSR count). The van der Waals surface area contributed by atoms with Crippen molar-refractivity contribution < 1.29 is 4.39 Å². The quantitative estimate of drug-likeness (QED) is 0.769. The number of hydrogen-bond donors (Lipinski definition) is 0. The summed E-state index contributed by atoms with van der Waals surface area (Å²) in [7, 11) is 0. The molecule has 3 heterocycles. The number of halogens is 1. The average molecular weight is 298 g/mol. The third kappa shape index (κ3) is 3.44. The van der Waals surface area contributed by atoms with Crippen LogP contribution in [0.2, 0.25) is 0 Å². The summed E-state index contributed by atoms with van der Waals surface area (Å²) in [6.45, 7) is 13.3. The molecular formula is C18H35FN2. The van der Waals surface area contributed by atoms with Crippen molar-refractivity contribution in [2.45, 2.75) is 89.9 Å². The second kappa shape index (κ2) is 6.95. The standard InChI is InChI=1S/C10H20FN.C8H15N/c1-4-10(5-2)7-9(11)8-12(10)6-3;1-8-4-2-6-9(8)7-3-5-8/h9H,4-8H2,1-3H3;2-7H2,1H3. The molecule has 3 aliphatic heterocycles. The molecule has 0 aliphatic carbocycles. The minimum Gasteiger partial charge on any atom is -0.298 e. The Morgan fingerprint density at radius 1 is 1.05 bits per heavy atom. The van der Waals surface area contributed by atoms with E-state index in [9.17, 15) is 4.39 Å². The first-order valence-corrected chi connectivity index (χ1v) is 9.14. The number of fused-ring (bicyclic) bond motifs is 1. The Labute approximate surface area is 131 Å². The highest BCUT2D eigenvalue weighted by Crippen LogP contribution is 2.38. The lowest BCUT2D eigenvalue weighted by Gasteiger charge is -2.36. The fraction of sp³-hybridized carbons (Fsp3) is 1.00. The van der Waals surface area contributed by atoms with Crippen LogP contribution in [0.4, 0.5) is 4.39 Å². The van der Waals surface area contributed by atoms with Crippen LogP contribution in [0.25, 0.3) is 0 Å². The minimum absolute atomic E-state index is 0.175. The molecule has 3 heteroatoms. The van der Waals surface area contributed by atoms with Crippen molar-refractivity contribution in [3.8, 4) is 0 Å². The Bertz CT molecular complexity index is 317. The number of hydrogen-bond acceptors (Lipinski definition) is 2. The summed E-state index contributed by atoms with van der Waals surface area (Å²) in [5.41, 5.74) is 0.814. The summed E-state index contributed by atoms with van der Waals surface area (Å²) in [6.07, 6.45) is 8.10. The van der Waals surface area contributed by atoms with E-state index in [0.717, 1.165) is 25.8 Å².